The zero-order valence-corrected chi connectivity index (χ0v) is 19.5. The highest BCUT2D eigenvalue weighted by atomic mass is 32.2. The number of para-hydroxylation sites is 1. The molecule has 0 atom stereocenters. The summed E-state index contributed by atoms with van der Waals surface area (Å²) in [6.45, 7) is 5.42. The van der Waals surface area contributed by atoms with E-state index in [9.17, 15) is 13.2 Å². The molecule has 168 valence electrons. The quantitative estimate of drug-likeness (QED) is 0.541. The molecule has 0 heterocycles. The van der Waals surface area contributed by atoms with Crippen molar-refractivity contribution in [3.05, 3.63) is 76.9 Å². The molecule has 8 heteroatoms. The van der Waals surface area contributed by atoms with Crippen LogP contribution < -0.4 is 19.5 Å². The van der Waals surface area contributed by atoms with Crippen LogP contribution in [0.5, 0.6) is 11.5 Å². The predicted molar refractivity (Wildman–Crippen MR) is 125 cm³/mol. The van der Waals surface area contributed by atoms with E-state index in [0.717, 1.165) is 5.56 Å². The molecule has 3 rings (SSSR count). The van der Waals surface area contributed by atoms with Crippen LogP contribution in [0.25, 0.3) is 0 Å². The Balaban J connectivity index is 1.94. The molecule has 32 heavy (non-hydrogen) atoms. The lowest BCUT2D eigenvalue weighted by atomic mass is 10.1. The SMILES string of the molecule is COc1ccc(NC(=O)c2ccccc2NS(=O)(=O)c2c(C)cc(C)cc2C)c(OC)c1. The molecular weight excluding hydrogens is 428 g/mol. The van der Waals surface area contributed by atoms with Crippen molar-refractivity contribution in [2.45, 2.75) is 25.7 Å². The Morgan fingerprint density at radius 3 is 2.12 bits per heavy atom. The minimum Gasteiger partial charge on any atom is -0.497 e. The maximum absolute atomic E-state index is 13.2. The Morgan fingerprint density at radius 1 is 0.844 bits per heavy atom. The average Bonchev–Trinajstić information content (AvgIpc) is 2.73. The van der Waals surface area contributed by atoms with E-state index in [-0.39, 0.29) is 16.1 Å². The largest absolute Gasteiger partial charge is 0.497 e. The van der Waals surface area contributed by atoms with E-state index >= 15 is 0 Å². The average molecular weight is 455 g/mol. The Kier molecular flexibility index (Phi) is 6.74. The van der Waals surface area contributed by atoms with Crippen molar-refractivity contribution >= 4 is 27.3 Å². The second-order valence-corrected chi connectivity index (χ2v) is 9.02. The summed E-state index contributed by atoms with van der Waals surface area (Å²) in [6, 6.07) is 15.1. The monoisotopic (exact) mass is 454 g/mol. The molecule has 0 aliphatic carbocycles. The lowest BCUT2D eigenvalue weighted by molar-refractivity contribution is 0.102. The van der Waals surface area contributed by atoms with Crippen molar-refractivity contribution < 1.29 is 22.7 Å². The highest BCUT2D eigenvalue weighted by Crippen LogP contribution is 2.31. The van der Waals surface area contributed by atoms with Gasteiger partial charge in [-0.2, -0.15) is 0 Å². The first-order valence-corrected chi connectivity index (χ1v) is 11.4. The van der Waals surface area contributed by atoms with Crippen LogP contribution in [0.3, 0.4) is 0 Å². The van der Waals surface area contributed by atoms with Crippen molar-refractivity contribution in [3.8, 4) is 11.5 Å². The van der Waals surface area contributed by atoms with Crippen molar-refractivity contribution in [1.82, 2.24) is 0 Å². The summed E-state index contributed by atoms with van der Waals surface area (Å²) in [5.74, 6) is 0.516. The fraction of sp³-hybridized carbons (Fsp3) is 0.208. The van der Waals surface area contributed by atoms with Crippen LogP contribution in [0.15, 0.2) is 59.5 Å². The first kappa shape index (κ1) is 23.1. The third kappa shape index (κ3) is 4.86. The summed E-state index contributed by atoms with van der Waals surface area (Å²) in [5, 5.41) is 2.77. The van der Waals surface area contributed by atoms with E-state index < -0.39 is 15.9 Å². The van der Waals surface area contributed by atoms with Gasteiger partial charge >= 0.3 is 0 Å². The van der Waals surface area contributed by atoms with Crippen LogP contribution in [-0.2, 0) is 10.0 Å². The number of methoxy groups -OCH3 is 2. The third-order valence-corrected chi connectivity index (χ3v) is 6.62. The fourth-order valence-corrected chi connectivity index (χ4v) is 5.18. The number of benzene rings is 3. The first-order valence-electron chi connectivity index (χ1n) is 9.89. The van der Waals surface area contributed by atoms with E-state index in [1.165, 1.54) is 14.2 Å². The predicted octanol–water partition coefficient (Wildman–Crippen LogP) is 4.68. The highest BCUT2D eigenvalue weighted by Gasteiger charge is 2.23. The second-order valence-electron chi connectivity index (χ2n) is 7.40. The fourth-order valence-electron chi connectivity index (χ4n) is 3.65. The molecule has 0 aliphatic rings. The maximum Gasteiger partial charge on any atom is 0.262 e. The number of anilines is 2. The van der Waals surface area contributed by atoms with Crippen LogP contribution in [0.2, 0.25) is 0 Å². The van der Waals surface area contributed by atoms with Gasteiger partial charge < -0.3 is 14.8 Å². The molecule has 0 saturated heterocycles. The topological polar surface area (TPSA) is 93.7 Å². The van der Waals surface area contributed by atoms with Gasteiger partial charge in [-0.25, -0.2) is 8.42 Å². The lowest BCUT2D eigenvalue weighted by Gasteiger charge is -2.17. The lowest BCUT2D eigenvalue weighted by Crippen LogP contribution is -2.20. The Bertz CT molecular complexity index is 1250. The number of aryl methyl sites for hydroxylation is 3. The summed E-state index contributed by atoms with van der Waals surface area (Å²) in [6.07, 6.45) is 0. The Labute approximate surface area is 188 Å². The Hall–Kier alpha value is -3.52. The molecule has 0 aliphatic heterocycles. The van der Waals surface area contributed by atoms with Crippen molar-refractivity contribution in [2.75, 3.05) is 24.3 Å². The maximum atomic E-state index is 13.2. The molecule has 0 radical (unpaired) electrons. The number of sulfonamides is 1. The normalized spacial score (nSPS) is 11.0. The van der Waals surface area contributed by atoms with Crippen molar-refractivity contribution in [2.24, 2.45) is 0 Å². The third-order valence-electron chi connectivity index (χ3n) is 4.95. The van der Waals surface area contributed by atoms with Gasteiger partial charge in [0.1, 0.15) is 11.5 Å². The molecule has 0 aromatic heterocycles. The molecule has 0 fully saturated rings. The van der Waals surface area contributed by atoms with Gasteiger partial charge in [-0.15, -0.1) is 0 Å². The van der Waals surface area contributed by atoms with Gasteiger partial charge in [-0.1, -0.05) is 29.8 Å². The summed E-state index contributed by atoms with van der Waals surface area (Å²) in [5.41, 5.74) is 3.04. The molecular formula is C24H26N2O5S. The minimum atomic E-state index is -3.91. The number of carbonyl (C=O) groups excluding carboxylic acids is 1. The van der Waals surface area contributed by atoms with E-state index in [1.807, 2.05) is 19.1 Å². The number of hydrogen-bond donors (Lipinski definition) is 2. The first-order chi connectivity index (χ1) is 15.2. The summed E-state index contributed by atoms with van der Waals surface area (Å²) in [4.78, 5) is 13.2. The van der Waals surface area contributed by atoms with Gasteiger partial charge in [0.2, 0.25) is 0 Å². The zero-order chi connectivity index (χ0) is 23.5. The summed E-state index contributed by atoms with van der Waals surface area (Å²) < 4.78 is 39.4. The molecule has 0 bridgehead atoms. The van der Waals surface area contributed by atoms with E-state index in [0.29, 0.717) is 28.3 Å². The highest BCUT2D eigenvalue weighted by molar-refractivity contribution is 7.92. The molecule has 3 aromatic rings. The van der Waals surface area contributed by atoms with Crippen molar-refractivity contribution in [3.63, 3.8) is 0 Å². The van der Waals surface area contributed by atoms with Gasteiger partial charge in [0, 0.05) is 6.07 Å². The van der Waals surface area contributed by atoms with E-state index in [2.05, 4.69) is 10.0 Å². The van der Waals surface area contributed by atoms with Gasteiger partial charge in [0.05, 0.1) is 36.1 Å². The van der Waals surface area contributed by atoms with Gasteiger partial charge in [0.25, 0.3) is 15.9 Å². The van der Waals surface area contributed by atoms with Gasteiger partial charge in [-0.05, 0) is 56.2 Å². The number of hydrogen-bond acceptors (Lipinski definition) is 5. The Morgan fingerprint density at radius 2 is 1.50 bits per heavy atom. The minimum absolute atomic E-state index is 0.177. The summed E-state index contributed by atoms with van der Waals surface area (Å²) >= 11 is 0. The molecule has 0 unspecified atom stereocenters. The van der Waals surface area contributed by atoms with Crippen LogP contribution >= 0.6 is 0 Å². The molecule has 7 nitrogen and oxygen atoms in total. The van der Waals surface area contributed by atoms with Gasteiger partial charge in [-0.3, -0.25) is 9.52 Å². The van der Waals surface area contributed by atoms with Crippen LogP contribution in [0, 0.1) is 20.8 Å². The number of amides is 1. The van der Waals surface area contributed by atoms with Crippen LogP contribution in [0.4, 0.5) is 11.4 Å². The molecule has 0 spiro atoms. The van der Waals surface area contributed by atoms with E-state index in [1.54, 1.807) is 56.3 Å². The second kappa shape index (κ2) is 9.32. The molecule has 0 saturated carbocycles. The molecule has 3 aromatic carbocycles. The zero-order valence-electron chi connectivity index (χ0n) is 18.6. The number of rotatable bonds is 7. The van der Waals surface area contributed by atoms with Gasteiger partial charge in [0.15, 0.2) is 0 Å². The van der Waals surface area contributed by atoms with E-state index in [4.69, 9.17) is 9.47 Å². The molecule has 1 amide bonds. The number of carbonyl (C=O) groups is 1. The van der Waals surface area contributed by atoms with Crippen LogP contribution in [0.1, 0.15) is 27.0 Å². The van der Waals surface area contributed by atoms with Crippen LogP contribution in [-0.4, -0.2) is 28.5 Å². The summed E-state index contributed by atoms with van der Waals surface area (Å²) in [7, 11) is -0.894. The number of ether oxygens (including phenoxy) is 2. The number of nitrogens with one attached hydrogen (secondary N) is 2. The standard InChI is InChI=1S/C24H26N2O5S/c1-15-12-16(2)23(17(3)13-15)32(28,29)26-20-9-7-6-8-19(20)24(27)25-21-11-10-18(30-4)14-22(21)31-5/h6-14,26H,1-5H3,(H,25,27). The molecule has 2 N–H and O–H groups in total. The smallest absolute Gasteiger partial charge is 0.262 e. The van der Waals surface area contributed by atoms with Crippen molar-refractivity contribution in [1.29, 1.82) is 0 Å².